The van der Waals surface area contributed by atoms with E-state index >= 15 is 0 Å². The van der Waals surface area contributed by atoms with Crippen LogP contribution in [0.3, 0.4) is 0 Å². The number of hydrogen-bond acceptors (Lipinski definition) is 6. The fraction of sp³-hybridized carbons (Fsp3) is 0.211. The van der Waals surface area contributed by atoms with Crippen LogP contribution in [0, 0.1) is 13.8 Å². The largest absolute Gasteiger partial charge is 0.483 e. The van der Waals surface area contributed by atoms with Crippen LogP contribution in [0.4, 0.5) is 5.13 Å². The molecule has 0 saturated heterocycles. The van der Waals surface area contributed by atoms with Crippen molar-refractivity contribution in [3.63, 3.8) is 0 Å². The first-order chi connectivity index (χ1) is 13.4. The Balaban J connectivity index is 1.52. The molecule has 0 aliphatic rings. The summed E-state index contributed by atoms with van der Waals surface area (Å²) in [6.45, 7) is 3.80. The van der Waals surface area contributed by atoms with Gasteiger partial charge in [-0.15, -0.1) is 10.2 Å². The van der Waals surface area contributed by atoms with Crippen molar-refractivity contribution < 1.29 is 9.53 Å². The van der Waals surface area contributed by atoms with Gasteiger partial charge in [-0.3, -0.25) is 10.1 Å². The number of nitrogens with zero attached hydrogens (tertiary/aromatic N) is 2. The number of benzene rings is 2. The highest BCUT2D eigenvalue weighted by molar-refractivity contribution is 8.00. The Kier molecular flexibility index (Phi) is 7.18. The van der Waals surface area contributed by atoms with E-state index in [9.17, 15) is 4.79 Å². The van der Waals surface area contributed by atoms with Gasteiger partial charge in [0.05, 0.1) is 0 Å². The first kappa shape index (κ1) is 20.9. The van der Waals surface area contributed by atoms with Crippen molar-refractivity contribution in [3.8, 4) is 5.75 Å². The molecule has 0 aliphatic heterocycles. The van der Waals surface area contributed by atoms with Crippen molar-refractivity contribution >= 4 is 57.3 Å². The molecule has 1 amide bonds. The predicted octanol–water partition coefficient (Wildman–Crippen LogP) is 5.77. The molecule has 0 radical (unpaired) electrons. The SMILES string of the molecule is Cc1cccc(C)c1OCC(=O)Nc1nnc(SCc2ccc(Cl)cc2Cl)s1. The Morgan fingerprint density at radius 1 is 1.18 bits per heavy atom. The molecule has 2 aromatic carbocycles. The smallest absolute Gasteiger partial charge is 0.264 e. The molecule has 0 unspecified atom stereocenters. The fourth-order valence-corrected chi connectivity index (χ4v) is 4.74. The second-order valence-corrected chi connectivity index (χ2v) is 9.00. The van der Waals surface area contributed by atoms with Gasteiger partial charge >= 0.3 is 0 Å². The van der Waals surface area contributed by atoms with Gasteiger partial charge in [-0.2, -0.15) is 0 Å². The Labute approximate surface area is 181 Å². The van der Waals surface area contributed by atoms with Gasteiger partial charge in [0.25, 0.3) is 5.91 Å². The zero-order valence-corrected chi connectivity index (χ0v) is 18.3. The second-order valence-electron chi connectivity index (χ2n) is 5.96. The third-order valence-electron chi connectivity index (χ3n) is 3.78. The van der Waals surface area contributed by atoms with Gasteiger partial charge in [0.15, 0.2) is 10.9 Å². The van der Waals surface area contributed by atoms with Crippen molar-refractivity contribution in [2.75, 3.05) is 11.9 Å². The Morgan fingerprint density at radius 3 is 2.64 bits per heavy atom. The van der Waals surface area contributed by atoms with Crippen LogP contribution in [0.25, 0.3) is 0 Å². The molecule has 3 aromatic rings. The number of amides is 1. The minimum absolute atomic E-state index is 0.0892. The van der Waals surface area contributed by atoms with Gasteiger partial charge in [0, 0.05) is 15.8 Å². The van der Waals surface area contributed by atoms with E-state index < -0.39 is 0 Å². The van der Waals surface area contributed by atoms with Gasteiger partial charge in [-0.25, -0.2) is 0 Å². The molecule has 1 N–H and O–H groups in total. The van der Waals surface area contributed by atoms with E-state index in [-0.39, 0.29) is 12.5 Å². The van der Waals surface area contributed by atoms with Crippen LogP contribution >= 0.6 is 46.3 Å². The van der Waals surface area contributed by atoms with Crippen LogP contribution in [0.1, 0.15) is 16.7 Å². The summed E-state index contributed by atoms with van der Waals surface area (Å²) in [7, 11) is 0. The molecule has 0 fully saturated rings. The molecule has 28 heavy (non-hydrogen) atoms. The Hall–Kier alpha value is -1.80. The molecule has 5 nitrogen and oxygen atoms in total. The van der Waals surface area contributed by atoms with Crippen LogP contribution in [-0.2, 0) is 10.5 Å². The summed E-state index contributed by atoms with van der Waals surface area (Å²) in [6, 6.07) is 11.2. The minimum Gasteiger partial charge on any atom is -0.483 e. The van der Waals surface area contributed by atoms with Gasteiger partial charge in [0.1, 0.15) is 5.75 Å². The van der Waals surface area contributed by atoms with E-state index in [1.807, 2.05) is 38.1 Å². The zero-order chi connectivity index (χ0) is 20.1. The maximum absolute atomic E-state index is 12.1. The van der Waals surface area contributed by atoms with Crippen molar-refractivity contribution in [2.24, 2.45) is 0 Å². The maximum atomic E-state index is 12.1. The van der Waals surface area contributed by atoms with Crippen molar-refractivity contribution in [2.45, 2.75) is 23.9 Å². The van der Waals surface area contributed by atoms with Gasteiger partial charge in [-0.05, 0) is 42.7 Å². The number of rotatable bonds is 7. The first-order valence-corrected chi connectivity index (χ1v) is 10.9. The highest BCUT2D eigenvalue weighted by atomic mass is 35.5. The number of aromatic nitrogens is 2. The maximum Gasteiger partial charge on any atom is 0.264 e. The summed E-state index contributed by atoms with van der Waals surface area (Å²) in [6.07, 6.45) is 0. The summed E-state index contributed by atoms with van der Waals surface area (Å²) in [5.74, 6) is 1.08. The molecule has 1 heterocycles. The molecule has 0 bridgehead atoms. The molecule has 1 aromatic heterocycles. The van der Waals surface area contributed by atoms with E-state index in [0.717, 1.165) is 26.8 Å². The quantitative estimate of drug-likeness (QED) is 0.363. The second kappa shape index (κ2) is 9.60. The van der Waals surface area contributed by atoms with E-state index in [2.05, 4.69) is 15.5 Å². The van der Waals surface area contributed by atoms with Crippen molar-refractivity contribution in [3.05, 3.63) is 63.1 Å². The fourth-order valence-electron chi connectivity index (χ4n) is 2.42. The van der Waals surface area contributed by atoms with E-state index in [1.165, 1.54) is 23.1 Å². The molecule has 0 atom stereocenters. The molecule has 9 heteroatoms. The first-order valence-electron chi connectivity index (χ1n) is 8.31. The minimum atomic E-state index is -0.281. The third kappa shape index (κ3) is 5.61. The zero-order valence-electron chi connectivity index (χ0n) is 15.2. The van der Waals surface area contributed by atoms with E-state index in [4.69, 9.17) is 27.9 Å². The molecule has 0 aliphatic carbocycles. The van der Waals surface area contributed by atoms with E-state index in [1.54, 1.807) is 12.1 Å². The Bertz CT molecular complexity index is 975. The summed E-state index contributed by atoms with van der Waals surface area (Å²) < 4.78 is 6.38. The molecular formula is C19H17Cl2N3O2S2. The van der Waals surface area contributed by atoms with Gasteiger partial charge in [-0.1, -0.05) is 70.6 Å². The molecule has 3 rings (SSSR count). The highest BCUT2D eigenvalue weighted by Crippen LogP contribution is 2.31. The number of aryl methyl sites for hydroxylation is 2. The molecule has 146 valence electrons. The predicted molar refractivity (Wildman–Crippen MR) is 116 cm³/mol. The Morgan fingerprint density at radius 2 is 1.93 bits per heavy atom. The van der Waals surface area contributed by atoms with Gasteiger partial charge < -0.3 is 4.74 Å². The van der Waals surface area contributed by atoms with E-state index in [0.29, 0.717) is 20.9 Å². The van der Waals surface area contributed by atoms with Crippen LogP contribution in [-0.4, -0.2) is 22.7 Å². The number of halogens is 2. The number of para-hydroxylation sites is 1. The number of nitrogens with one attached hydrogen (secondary N) is 1. The summed E-state index contributed by atoms with van der Waals surface area (Å²) >= 11 is 14.9. The lowest BCUT2D eigenvalue weighted by atomic mass is 10.1. The number of anilines is 1. The standard InChI is InChI=1S/C19H17Cl2N3O2S2/c1-11-4-3-5-12(2)17(11)26-9-16(25)22-18-23-24-19(28-18)27-10-13-6-7-14(20)8-15(13)21/h3-8H,9-10H2,1-2H3,(H,22,23,25). The van der Waals surface area contributed by atoms with Crippen LogP contribution in [0.5, 0.6) is 5.75 Å². The lowest BCUT2D eigenvalue weighted by molar-refractivity contribution is -0.118. The van der Waals surface area contributed by atoms with Crippen LogP contribution in [0.15, 0.2) is 40.7 Å². The van der Waals surface area contributed by atoms with Crippen molar-refractivity contribution in [1.82, 2.24) is 10.2 Å². The van der Waals surface area contributed by atoms with Crippen LogP contribution in [0.2, 0.25) is 10.0 Å². The number of carbonyl (C=O) groups is 1. The number of carbonyl (C=O) groups excluding carboxylic acids is 1. The van der Waals surface area contributed by atoms with Crippen molar-refractivity contribution in [1.29, 1.82) is 0 Å². The lowest BCUT2D eigenvalue weighted by Gasteiger charge is -2.11. The molecule has 0 saturated carbocycles. The summed E-state index contributed by atoms with van der Waals surface area (Å²) in [5, 5.41) is 12.4. The topological polar surface area (TPSA) is 64.1 Å². The summed E-state index contributed by atoms with van der Waals surface area (Å²) in [5.41, 5.74) is 2.94. The lowest BCUT2D eigenvalue weighted by Crippen LogP contribution is -2.20. The average Bonchev–Trinajstić information content (AvgIpc) is 3.08. The number of thioether (sulfide) groups is 1. The normalized spacial score (nSPS) is 10.7. The average molecular weight is 454 g/mol. The summed E-state index contributed by atoms with van der Waals surface area (Å²) in [4.78, 5) is 12.1. The van der Waals surface area contributed by atoms with Crippen LogP contribution < -0.4 is 10.1 Å². The number of ether oxygens (including phenoxy) is 1. The third-order valence-corrected chi connectivity index (χ3v) is 6.38. The highest BCUT2D eigenvalue weighted by Gasteiger charge is 2.12. The monoisotopic (exact) mass is 453 g/mol. The molecular weight excluding hydrogens is 437 g/mol. The number of hydrogen-bond donors (Lipinski definition) is 1. The van der Waals surface area contributed by atoms with Gasteiger partial charge in [0.2, 0.25) is 5.13 Å². The molecule has 0 spiro atoms.